The van der Waals surface area contributed by atoms with Gasteiger partial charge in [-0.1, -0.05) is 48.3 Å². The molecule has 0 bridgehead atoms. The van der Waals surface area contributed by atoms with Crippen LogP contribution in [-0.2, 0) is 6.61 Å². The SMILES string of the molecule is CCCNC(=O)c1ccccc1OCc1ccc(Cl)c(Cl)c1. The maximum absolute atomic E-state index is 12.1. The standard InChI is InChI=1S/C17H17Cl2NO2/c1-2-9-20-17(21)13-5-3-4-6-16(13)22-11-12-7-8-14(18)15(19)10-12/h3-8,10H,2,9,11H2,1H3,(H,20,21). The molecule has 1 amide bonds. The Morgan fingerprint density at radius 3 is 2.64 bits per heavy atom. The summed E-state index contributed by atoms with van der Waals surface area (Å²) in [6, 6.07) is 12.5. The number of hydrogen-bond acceptors (Lipinski definition) is 2. The van der Waals surface area contributed by atoms with Crippen LogP contribution in [-0.4, -0.2) is 12.5 Å². The average molecular weight is 338 g/mol. The summed E-state index contributed by atoms with van der Waals surface area (Å²) in [5.41, 5.74) is 1.41. The fourth-order valence-corrected chi connectivity index (χ4v) is 2.23. The van der Waals surface area contributed by atoms with Crippen molar-refractivity contribution in [2.75, 3.05) is 6.54 Å². The smallest absolute Gasteiger partial charge is 0.255 e. The van der Waals surface area contributed by atoms with Crippen LogP contribution in [0.1, 0.15) is 29.3 Å². The van der Waals surface area contributed by atoms with Gasteiger partial charge in [0.1, 0.15) is 12.4 Å². The van der Waals surface area contributed by atoms with Gasteiger partial charge in [0.25, 0.3) is 5.91 Å². The number of carbonyl (C=O) groups excluding carboxylic acids is 1. The van der Waals surface area contributed by atoms with Crippen molar-refractivity contribution in [1.29, 1.82) is 0 Å². The van der Waals surface area contributed by atoms with E-state index in [4.69, 9.17) is 27.9 Å². The highest BCUT2D eigenvalue weighted by Crippen LogP contribution is 2.24. The van der Waals surface area contributed by atoms with Crippen molar-refractivity contribution in [3.63, 3.8) is 0 Å². The molecule has 0 aromatic heterocycles. The van der Waals surface area contributed by atoms with Gasteiger partial charge in [-0.15, -0.1) is 0 Å². The quantitative estimate of drug-likeness (QED) is 0.828. The van der Waals surface area contributed by atoms with Gasteiger partial charge in [0.05, 0.1) is 15.6 Å². The molecule has 0 saturated heterocycles. The van der Waals surface area contributed by atoms with E-state index < -0.39 is 0 Å². The molecule has 0 atom stereocenters. The van der Waals surface area contributed by atoms with Gasteiger partial charge in [-0.2, -0.15) is 0 Å². The number of carbonyl (C=O) groups is 1. The third kappa shape index (κ3) is 4.39. The molecule has 5 heteroatoms. The summed E-state index contributed by atoms with van der Waals surface area (Å²) in [6.07, 6.45) is 0.887. The van der Waals surface area contributed by atoms with Crippen molar-refractivity contribution in [1.82, 2.24) is 5.32 Å². The van der Waals surface area contributed by atoms with E-state index in [1.807, 2.05) is 25.1 Å². The van der Waals surface area contributed by atoms with Gasteiger partial charge in [-0.3, -0.25) is 4.79 Å². The fraction of sp³-hybridized carbons (Fsp3) is 0.235. The molecular formula is C17H17Cl2NO2. The van der Waals surface area contributed by atoms with E-state index >= 15 is 0 Å². The molecule has 2 rings (SSSR count). The number of amides is 1. The van der Waals surface area contributed by atoms with Crippen molar-refractivity contribution < 1.29 is 9.53 Å². The van der Waals surface area contributed by atoms with Crippen LogP contribution in [0.2, 0.25) is 10.0 Å². The number of benzene rings is 2. The van der Waals surface area contributed by atoms with Crippen molar-refractivity contribution in [2.24, 2.45) is 0 Å². The van der Waals surface area contributed by atoms with Crippen molar-refractivity contribution in [3.05, 3.63) is 63.6 Å². The summed E-state index contributed by atoms with van der Waals surface area (Å²) in [5.74, 6) is 0.411. The van der Waals surface area contributed by atoms with Gasteiger partial charge in [0.2, 0.25) is 0 Å². The minimum atomic E-state index is -0.133. The average Bonchev–Trinajstić information content (AvgIpc) is 2.54. The van der Waals surface area contributed by atoms with Gasteiger partial charge in [-0.05, 0) is 36.2 Å². The molecule has 0 spiro atoms. The van der Waals surface area contributed by atoms with Crippen LogP contribution >= 0.6 is 23.2 Å². The lowest BCUT2D eigenvalue weighted by atomic mass is 10.2. The van der Waals surface area contributed by atoms with E-state index in [-0.39, 0.29) is 5.91 Å². The van der Waals surface area contributed by atoms with E-state index in [2.05, 4.69) is 5.32 Å². The predicted octanol–water partition coefficient (Wildman–Crippen LogP) is 4.71. The second-order valence-corrected chi connectivity index (χ2v) is 5.60. The highest BCUT2D eigenvalue weighted by Gasteiger charge is 2.11. The summed E-state index contributed by atoms with van der Waals surface area (Å²) in [6.45, 7) is 2.96. The molecule has 116 valence electrons. The van der Waals surface area contributed by atoms with Crippen LogP contribution < -0.4 is 10.1 Å². The molecule has 0 unspecified atom stereocenters. The van der Waals surface area contributed by atoms with Crippen LogP contribution in [0.4, 0.5) is 0 Å². The van der Waals surface area contributed by atoms with E-state index in [9.17, 15) is 4.79 Å². The molecule has 2 aromatic carbocycles. The number of rotatable bonds is 6. The Kier molecular flexibility index (Phi) is 6.10. The zero-order valence-electron chi connectivity index (χ0n) is 12.2. The highest BCUT2D eigenvalue weighted by atomic mass is 35.5. The van der Waals surface area contributed by atoms with Crippen LogP contribution in [0, 0.1) is 0 Å². The summed E-state index contributed by atoms with van der Waals surface area (Å²) >= 11 is 11.9. The number of hydrogen-bond donors (Lipinski definition) is 1. The molecular weight excluding hydrogens is 321 g/mol. The van der Waals surface area contributed by atoms with E-state index in [0.29, 0.717) is 34.5 Å². The molecule has 1 N–H and O–H groups in total. The molecule has 0 saturated carbocycles. The Hall–Kier alpha value is -1.71. The number of ether oxygens (including phenoxy) is 1. The molecule has 0 aliphatic carbocycles. The zero-order chi connectivity index (χ0) is 15.9. The lowest BCUT2D eigenvalue weighted by Crippen LogP contribution is -2.24. The Balaban J connectivity index is 2.09. The van der Waals surface area contributed by atoms with Gasteiger partial charge >= 0.3 is 0 Å². The topological polar surface area (TPSA) is 38.3 Å². The van der Waals surface area contributed by atoms with Crippen LogP contribution in [0.5, 0.6) is 5.75 Å². The lowest BCUT2D eigenvalue weighted by molar-refractivity contribution is 0.0949. The molecule has 22 heavy (non-hydrogen) atoms. The van der Waals surface area contributed by atoms with E-state index in [0.717, 1.165) is 12.0 Å². The minimum absolute atomic E-state index is 0.133. The molecule has 0 heterocycles. The third-order valence-electron chi connectivity index (χ3n) is 3.05. The zero-order valence-corrected chi connectivity index (χ0v) is 13.7. The molecule has 0 radical (unpaired) electrons. The van der Waals surface area contributed by atoms with Crippen molar-refractivity contribution in [3.8, 4) is 5.75 Å². The summed E-state index contributed by atoms with van der Waals surface area (Å²) in [5, 5.41) is 3.83. The second-order valence-electron chi connectivity index (χ2n) is 4.79. The van der Waals surface area contributed by atoms with Crippen molar-refractivity contribution >= 4 is 29.1 Å². The minimum Gasteiger partial charge on any atom is -0.488 e. The number of nitrogens with one attached hydrogen (secondary N) is 1. The van der Waals surface area contributed by atoms with Crippen LogP contribution in [0.15, 0.2) is 42.5 Å². The van der Waals surface area contributed by atoms with Gasteiger partial charge in [0, 0.05) is 6.54 Å². The lowest BCUT2D eigenvalue weighted by Gasteiger charge is -2.12. The monoisotopic (exact) mass is 337 g/mol. The second kappa shape index (κ2) is 8.06. The first kappa shape index (κ1) is 16.7. The highest BCUT2D eigenvalue weighted by molar-refractivity contribution is 6.42. The first-order valence-electron chi connectivity index (χ1n) is 7.05. The predicted molar refractivity (Wildman–Crippen MR) is 89.9 cm³/mol. The Bertz CT molecular complexity index is 659. The van der Waals surface area contributed by atoms with Gasteiger partial charge in [0.15, 0.2) is 0 Å². The summed E-state index contributed by atoms with van der Waals surface area (Å²) < 4.78 is 5.76. The summed E-state index contributed by atoms with van der Waals surface area (Å²) in [7, 11) is 0. The van der Waals surface area contributed by atoms with E-state index in [1.54, 1.807) is 24.3 Å². The molecule has 3 nitrogen and oxygen atoms in total. The first-order valence-corrected chi connectivity index (χ1v) is 7.81. The maximum Gasteiger partial charge on any atom is 0.255 e. The number of para-hydroxylation sites is 1. The Morgan fingerprint density at radius 2 is 1.91 bits per heavy atom. The third-order valence-corrected chi connectivity index (χ3v) is 3.78. The molecule has 2 aromatic rings. The molecule has 0 aliphatic rings. The Labute approximate surface area is 140 Å². The van der Waals surface area contributed by atoms with E-state index in [1.165, 1.54) is 0 Å². The first-order chi connectivity index (χ1) is 10.6. The van der Waals surface area contributed by atoms with Crippen LogP contribution in [0.3, 0.4) is 0 Å². The normalized spacial score (nSPS) is 10.3. The molecule has 0 fully saturated rings. The largest absolute Gasteiger partial charge is 0.488 e. The molecule has 0 aliphatic heterocycles. The Morgan fingerprint density at radius 1 is 1.14 bits per heavy atom. The van der Waals surface area contributed by atoms with Gasteiger partial charge < -0.3 is 10.1 Å². The van der Waals surface area contributed by atoms with Crippen LogP contribution in [0.25, 0.3) is 0 Å². The summed E-state index contributed by atoms with van der Waals surface area (Å²) in [4.78, 5) is 12.1. The van der Waals surface area contributed by atoms with Crippen molar-refractivity contribution in [2.45, 2.75) is 20.0 Å². The maximum atomic E-state index is 12.1. The number of halogens is 2. The fourth-order valence-electron chi connectivity index (χ4n) is 1.90. The van der Waals surface area contributed by atoms with Gasteiger partial charge in [-0.25, -0.2) is 0 Å².